The molecule has 1 aliphatic heterocycles. The largest absolute Gasteiger partial charge is 0.433 e. The summed E-state index contributed by atoms with van der Waals surface area (Å²) >= 11 is 0. The highest BCUT2D eigenvalue weighted by Gasteiger charge is 2.39. The molecule has 1 aromatic rings. The minimum Gasteiger partial charge on any atom is -0.343 e. The second-order valence-electron chi connectivity index (χ2n) is 6.84. The molecular formula is C15H22F3N3O. The molecule has 0 aliphatic carbocycles. The van der Waals surface area contributed by atoms with Crippen molar-refractivity contribution in [2.24, 2.45) is 0 Å². The molecule has 0 saturated carbocycles. The van der Waals surface area contributed by atoms with E-state index in [1.165, 1.54) is 6.92 Å². The van der Waals surface area contributed by atoms with Crippen LogP contribution in [0.3, 0.4) is 0 Å². The maximum absolute atomic E-state index is 13.3. The second kappa shape index (κ2) is 5.59. The Morgan fingerprint density at radius 3 is 2.18 bits per heavy atom. The monoisotopic (exact) mass is 317 g/mol. The first-order chi connectivity index (χ1) is 10.00. The number of halogens is 3. The molecule has 1 amide bonds. The highest BCUT2D eigenvalue weighted by molar-refractivity contribution is 5.73. The lowest BCUT2D eigenvalue weighted by atomic mass is 9.92. The Bertz CT molecular complexity index is 549. The van der Waals surface area contributed by atoms with Crippen LogP contribution in [0.2, 0.25) is 0 Å². The minimum absolute atomic E-state index is 0.0367. The van der Waals surface area contributed by atoms with Crippen LogP contribution in [0.15, 0.2) is 6.07 Å². The highest BCUT2D eigenvalue weighted by atomic mass is 19.4. The Labute approximate surface area is 128 Å². The predicted octanol–water partition coefficient (Wildman–Crippen LogP) is 3.38. The molecule has 0 bridgehead atoms. The maximum Gasteiger partial charge on any atom is 0.433 e. The number of carbonyl (C=O) groups is 1. The number of carbonyl (C=O) groups excluding carboxylic acids is 1. The van der Waals surface area contributed by atoms with Crippen LogP contribution >= 0.6 is 0 Å². The third kappa shape index (κ3) is 3.44. The van der Waals surface area contributed by atoms with Crippen molar-refractivity contribution in [3.05, 3.63) is 17.5 Å². The molecule has 1 saturated heterocycles. The lowest BCUT2D eigenvalue weighted by Crippen LogP contribution is -2.38. The normalized spacial score (nSPS) is 17.9. The Balaban J connectivity index is 2.30. The van der Waals surface area contributed by atoms with Gasteiger partial charge in [0.1, 0.15) is 5.69 Å². The van der Waals surface area contributed by atoms with Gasteiger partial charge in [0.25, 0.3) is 0 Å². The molecule has 124 valence electrons. The third-order valence-electron chi connectivity index (χ3n) is 4.05. The molecule has 1 aromatic heterocycles. The lowest BCUT2D eigenvalue weighted by Gasteiger charge is -2.32. The van der Waals surface area contributed by atoms with Crippen LogP contribution in [-0.4, -0.2) is 33.7 Å². The van der Waals surface area contributed by atoms with E-state index in [9.17, 15) is 18.0 Å². The van der Waals surface area contributed by atoms with E-state index >= 15 is 0 Å². The lowest BCUT2D eigenvalue weighted by molar-refractivity contribution is -0.146. The van der Waals surface area contributed by atoms with E-state index in [1.807, 2.05) is 20.8 Å². The van der Waals surface area contributed by atoms with Gasteiger partial charge in [-0.2, -0.15) is 18.3 Å². The molecule has 22 heavy (non-hydrogen) atoms. The third-order valence-corrected chi connectivity index (χ3v) is 4.05. The number of nitrogens with zero attached hydrogens (tertiary/aromatic N) is 3. The van der Waals surface area contributed by atoms with Gasteiger partial charge in [-0.1, -0.05) is 20.8 Å². The Kier molecular flexibility index (Phi) is 4.28. The average Bonchev–Trinajstić information content (AvgIpc) is 2.83. The fourth-order valence-electron chi connectivity index (χ4n) is 2.68. The van der Waals surface area contributed by atoms with Crippen molar-refractivity contribution in [1.29, 1.82) is 0 Å². The van der Waals surface area contributed by atoms with E-state index in [4.69, 9.17) is 0 Å². The van der Waals surface area contributed by atoms with Gasteiger partial charge in [-0.15, -0.1) is 0 Å². The van der Waals surface area contributed by atoms with Crippen molar-refractivity contribution in [1.82, 2.24) is 14.7 Å². The van der Waals surface area contributed by atoms with Gasteiger partial charge in [-0.25, -0.2) is 0 Å². The van der Waals surface area contributed by atoms with E-state index in [0.717, 1.165) is 10.7 Å². The Morgan fingerprint density at radius 2 is 1.77 bits per heavy atom. The van der Waals surface area contributed by atoms with Crippen LogP contribution in [-0.2, 0) is 16.4 Å². The number of hydrogen-bond acceptors (Lipinski definition) is 2. The highest BCUT2D eigenvalue weighted by Crippen LogP contribution is 2.36. The molecule has 4 nitrogen and oxygen atoms in total. The van der Waals surface area contributed by atoms with Crippen LogP contribution in [0.5, 0.6) is 0 Å². The van der Waals surface area contributed by atoms with Crippen molar-refractivity contribution in [3.63, 3.8) is 0 Å². The first-order valence-electron chi connectivity index (χ1n) is 7.43. The molecule has 0 radical (unpaired) electrons. The van der Waals surface area contributed by atoms with E-state index in [0.29, 0.717) is 31.6 Å². The standard InChI is InChI=1S/C15H22F3N3O/c1-10(22)20-7-5-11(6-8-20)21-13(15(16,17)18)9-12(19-21)14(2,3)4/h9,11H,5-8H2,1-4H3. The summed E-state index contributed by atoms with van der Waals surface area (Å²) < 4.78 is 41.0. The summed E-state index contributed by atoms with van der Waals surface area (Å²) in [4.78, 5) is 13.0. The van der Waals surface area contributed by atoms with Gasteiger partial charge in [0.05, 0.1) is 11.7 Å². The van der Waals surface area contributed by atoms with Gasteiger partial charge in [0, 0.05) is 25.4 Å². The van der Waals surface area contributed by atoms with Gasteiger partial charge in [0.15, 0.2) is 0 Å². The maximum atomic E-state index is 13.3. The number of amides is 1. The van der Waals surface area contributed by atoms with Crippen LogP contribution in [0, 0.1) is 0 Å². The molecule has 0 unspecified atom stereocenters. The summed E-state index contributed by atoms with van der Waals surface area (Å²) in [5, 5.41) is 4.23. The van der Waals surface area contributed by atoms with Crippen LogP contribution in [0.4, 0.5) is 13.2 Å². The molecule has 0 N–H and O–H groups in total. The summed E-state index contributed by atoms with van der Waals surface area (Å²) in [5.74, 6) is -0.0367. The molecule has 1 aliphatic rings. The van der Waals surface area contributed by atoms with E-state index < -0.39 is 17.3 Å². The zero-order chi connectivity index (χ0) is 16.7. The zero-order valence-electron chi connectivity index (χ0n) is 13.4. The SMILES string of the molecule is CC(=O)N1CCC(n2nc(C(C)(C)C)cc2C(F)(F)F)CC1. The Morgan fingerprint density at radius 1 is 1.23 bits per heavy atom. The van der Waals surface area contributed by atoms with Crippen LogP contribution in [0.1, 0.15) is 58.0 Å². The summed E-state index contributed by atoms with van der Waals surface area (Å²) in [5.41, 5.74) is -0.696. The molecule has 0 aromatic carbocycles. The van der Waals surface area contributed by atoms with Crippen molar-refractivity contribution < 1.29 is 18.0 Å². The van der Waals surface area contributed by atoms with E-state index in [2.05, 4.69) is 5.10 Å². The molecular weight excluding hydrogens is 295 g/mol. The predicted molar refractivity (Wildman–Crippen MR) is 76.5 cm³/mol. The average molecular weight is 317 g/mol. The summed E-state index contributed by atoms with van der Waals surface area (Å²) in [7, 11) is 0. The smallest absolute Gasteiger partial charge is 0.343 e. The van der Waals surface area contributed by atoms with Crippen LogP contribution < -0.4 is 0 Å². The van der Waals surface area contributed by atoms with Gasteiger partial charge < -0.3 is 4.90 Å². The number of rotatable bonds is 1. The number of aromatic nitrogens is 2. The molecule has 0 spiro atoms. The first-order valence-corrected chi connectivity index (χ1v) is 7.43. The molecule has 7 heteroatoms. The molecule has 0 atom stereocenters. The quantitative estimate of drug-likeness (QED) is 0.796. The van der Waals surface area contributed by atoms with E-state index in [-0.39, 0.29) is 11.9 Å². The fourth-order valence-corrected chi connectivity index (χ4v) is 2.68. The van der Waals surface area contributed by atoms with Crippen molar-refractivity contribution in [2.75, 3.05) is 13.1 Å². The van der Waals surface area contributed by atoms with Crippen molar-refractivity contribution in [3.8, 4) is 0 Å². The number of piperidine rings is 1. The second-order valence-corrected chi connectivity index (χ2v) is 6.84. The fraction of sp³-hybridized carbons (Fsp3) is 0.733. The van der Waals surface area contributed by atoms with E-state index in [1.54, 1.807) is 4.90 Å². The van der Waals surface area contributed by atoms with Gasteiger partial charge in [-0.3, -0.25) is 9.48 Å². The minimum atomic E-state index is -4.42. The van der Waals surface area contributed by atoms with Crippen molar-refractivity contribution in [2.45, 2.75) is 58.2 Å². The summed E-state index contributed by atoms with van der Waals surface area (Å²) in [6.07, 6.45) is -3.43. The van der Waals surface area contributed by atoms with Gasteiger partial charge >= 0.3 is 6.18 Å². The van der Waals surface area contributed by atoms with Gasteiger partial charge in [0.2, 0.25) is 5.91 Å². The first kappa shape index (κ1) is 16.8. The summed E-state index contributed by atoms with van der Waals surface area (Å²) in [6.45, 7) is 7.96. The Hall–Kier alpha value is -1.53. The number of hydrogen-bond donors (Lipinski definition) is 0. The summed E-state index contributed by atoms with van der Waals surface area (Å²) in [6, 6.07) is 0.834. The zero-order valence-corrected chi connectivity index (χ0v) is 13.4. The van der Waals surface area contributed by atoms with Crippen LogP contribution in [0.25, 0.3) is 0 Å². The van der Waals surface area contributed by atoms with Crippen molar-refractivity contribution >= 4 is 5.91 Å². The molecule has 1 fully saturated rings. The number of alkyl halides is 3. The number of likely N-dealkylation sites (tertiary alicyclic amines) is 1. The van der Waals surface area contributed by atoms with Gasteiger partial charge in [-0.05, 0) is 18.9 Å². The molecule has 2 rings (SSSR count). The topological polar surface area (TPSA) is 38.1 Å². The molecule has 2 heterocycles.